The lowest BCUT2D eigenvalue weighted by Gasteiger charge is -2.17. The van der Waals surface area contributed by atoms with E-state index in [9.17, 15) is 4.79 Å². The molecule has 106 valence electrons. The zero-order valence-electron chi connectivity index (χ0n) is 11.7. The molecule has 1 aromatic carbocycles. The molecule has 0 spiro atoms. The summed E-state index contributed by atoms with van der Waals surface area (Å²) < 4.78 is 5.13. The van der Waals surface area contributed by atoms with Crippen LogP contribution in [-0.4, -0.2) is 30.9 Å². The lowest BCUT2D eigenvalue weighted by atomic mass is 10.1. The Labute approximate surface area is 114 Å². The number of carbonyl (C=O) groups is 1. The van der Waals surface area contributed by atoms with E-state index >= 15 is 0 Å². The summed E-state index contributed by atoms with van der Waals surface area (Å²) >= 11 is 0. The molecule has 0 fully saturated rings. The number of urea groups is 1. The van der Waals surface area contributed by atoms with E-state index in [0.717, 1.165) is 17.7 Å². The van der Waals surface area contributed by atoms with Crippen LogP contribution in [0.2, 0.25) is 0 Å². The van der Waals surface area contributed by atoms with E-state index in [4.69, 9.17) is 9.84 Å². The van der Waals surface area contributed by atoms with E-state index in [2.05, 4.69) is 10.6 Å². The van der Waals surface area contributed by atoms with E-state index in [1.54, 1.807) is 13.2 Å². The Hall–Kier alpha value is -1.75. The third-order valence-corrected chi connectivity index (χ3v) is 3.00. The van der Waals surface area contributed by atoms with Gasteiger partial charge in [0, 0.05) is 24.4 Å². The Morgan fingerprint density at radius 2 is 2.21 bits per heavy atom. The Bertz CT molecular complexity index is 421. The van der Waals surface area contributed by atoms with Crippen LogP contribution in [-0.2, 0) is 0 Å². The van der Waals surface area contributed by atoms with Gasteiger partial charge in [0.05, 0.1) is 7.11 Å². The van der Waals surface area contributed by atoms with Gasteiger partial charge < -0.3 is 20.5 Å². The molecule has 0 aliphatic carbocycles. The second-order valence-corrected chi connectivity index (χ2v) is 4.40. The summed E-state index contributed by atoms with van der Waals surface area (Å²) in [6.45, 7) is 3.95. The fourth-order valence-corrected chi connectivity index (χ4v) is 1.74. The standard InChI is InChI=1S/C14H22N2O3/c1-4-11(7-8-17)15-14(18)16-13-9-12(19-3)6-5-10(13)2/h5-6,9,11,17H,4,7-8H2,1-3H3,(H2,15,16,18). The zero-order valence-corrected chi connectivity index (χ0v) is 11.7. The molecule has 19 heavy (non-hydrogen) atoms. The number of aliphatic hydroxyl groups is 1. The molecule has 0 saturated heterocycles. The average molecular weight is 266 g/mol. The molecule has 0 aliphatic rings. The number of methoxy groups -OCH3 is 1. The summed E-state index contributed by atoms with van der Waals surface area (Å²) in [7, 11) is 1.59. The van der Waals surface area contributed by atoms with E-state index in [1.165, 1.54) is 0 Å². The number of amides is 2. The van der Waals surface area contributed by atoms with Crippen LogP contribution in [0, 0.1) is 6.92 Å². The molecular weight excluding hydrogens is 244 g/mol. The van der Waals surface area contributed by atoms with E-state index < -0.39 is 0 Å². The minimum atomic E-state index is -0.267. The number of aryl methyl sites for hydroxylation is 1. The first-order valence-electron chi connectivity index (χ1n) is 6.43. The maximum Gasteiger partial charge on any atom is 0.319 e. The minimum absolute atomic E-state index is 0.0177. The van der Waals surface area contributed by atoms with Crippen molar-refractivity contribution in [1.29, 1.82) is 0 Å². The Morgan fingerprint density at radius 1 is 1.47 bits per heavy atom. The molecule has 0 bridgehead atoms. The SMILES string of the molecule is CCC(CCO)NC(=O)Nc1cc(OC)ccc1C. The van der Waals surface area contributed by atoms with Crippen LogP contribution in [0.1, 0.15) is 25.3 Å². The molecule has 5 heteroatoms. The Morgan fingerprint density at radius 3 is 2.79 bits per heavy atom. The van der Waals surface area contributed by atoms with Crippen molar-refractivity contribution in [3.05, 3.63) is 23.8 Å². The largest absolute Gasteiger partial charge is 0.497 e. The fourth-order valence-electron chi connectivity index (χ4n) is 1.74. The maximum atomic E-state index is 11.9. The van der Waals surface area contributed by atoms with Crippen molar-refractivity contribution in [3.8, 4) is 5.75 Å². The van der Waals surface area contributed by atoms with Gasteiger partial charge in [-0.15, -0.1) is 0 Å². The van der Waals surface area contributed by atoms with Gasteiger partial charge in [0.15, 0.2) is 0 Å². The fraction of sp³-hybridized carbons (Fsp3) is 0.500. The summed E-state index contributed by atoms with van der Waals surface area (Å²) in [5.41, 5.74) is 1.68. The maximum absolute atomic E-state index is 11.9. The molecule has 1 atom stereocenters. The second kappa shape index (κ2) is 7.63. The van der Waals surface area contributed by atoms with Gasteiger partial charge in [-0.1, -0.05) is 13.0 Å². The van der Waals surface area contributed by atoms with Crippen LogP contribution >= 0.6 is 0 Å². The molecule has 5 nitrogen and oxygen atoms in total. The highest BCUT2D eigenvalue weighted by Gasteiger charge is 2.11. The van der Waals surface area contributed by atoms with Crippen LogP contribution in [0.4, 0.5) is 10.5 Å². The number of nitrogens with one attached hydrogen (secondary N) is 2. The van der Waals surface area contributed by atoms with Gasteiger partial charge in [-0.2, -0.15) is 0 Å². The highest BCUT2D eigenvalue weighted by Crippen LogP contribution is 2.21. The molecule has 3 N–H and O–H groups in total. The van der Waals surface area contributed by atoms with Gasteiger partial charge in [0.1, 0.15) is 5.75 Å². The summed E-state index contributed by atoms with van der Waals surface area (Å²) in [6, 6.07) is 5.23. The smallest absolute Gasteiger partial charge is 0.319 e. The van der Waals surface area contributed by atoms with Crippen molar-refractivity contribution in [3.63, 3.8) is 0 Å². The first-order valence-corrected chi connectivity index (χ1v) is 6.43. The summed E-state index contributed by atoms with van der Waals surface area (Å²) in [6.07, 6.45) is 1.34. The number of hydrogen-bond donors (Lipinski definition) is 3. The van der Waals surface area contributed by atoms with Crippen molar-refractivity contribution >= 4 is 11.7 Å². The first-order chi connectivity index (χ1) is 9.10. The van der Waals surface area contributed by atoms with E-state index in [1.807, 2.05) is 26.0 Å². The van der Waals surface area contributed by atoms with Crippen LogP contribution in [0.3, 0.4) is 0 Å². The first kappa shape index (κ1) is 15.3. The number of anilines is 1. The van der Waals surface area contributed by atoms with Crippen molar-refractivity contribution in [2.45, 2.75) is 32.7 Å². The summed E-state index contributed by atoms with van der Waals surface area (Å²) in [4.78, 5) is 11.9. The topological polar surface area (TPSA) is 70.6 Å². The molecule has 0 aliphatic heterocycles. The van der Waals surface area contributed by atoms with Gasteiger partial charge >= 0.3 is 6.03 Å². The van der Waals surface area contributed by atoms with Gasteiger partial charge in [-0.05, 0) is 31.4 Å². The van der Waals surface area contributed by atoms with Crippen molar-refractivity contribution in [2.75, 3.05) is 19.0 Å². The summed E-state index contributed by atoms with van der Waals surface area (Å²) in [5, 5.41) is 14.5. The van der Waals surface area contributed by atoms with Crippen molar-refractivity contribution in [2.24, 2.45) is 0 Å². The van der Waals surface area contributed by atoms with Gasteiger partial charge in [-0.25, -0.2) is 4.79 Å². The van der Waals surface area contributed by atoms with Crippen LogP contribution in [0.25, 0.3) is 0 Å². The highest BCUT2D eigenvalue weighted by molar-refractivity contribution is 5.90. The highest BCUT2D eigenvalue weighted by atomic mass is 16.5. The molecular formula is C14H22N2O3. The molecule has 0 aromatic heterocycles. The van der Waals surface area contributed by atoms with E-state index in [0.29, 0.717) is 12.2 Å². The van der Waals surface area contributed by atoms with E-state index in [-0.39, 0.29) is 18.7 Å². The van der Waals surface area contributed by atoms with Crippen LogP contribution < -0.4 is 15.4 Å². The monoisotopic (exact) mass is 266 g/mol. The molecule has 1 aromatic rings. The van der Waals surface area contributed by atoms with Crippen LogP contribution in [0.5, 0.6) is 5.75 Å². The molecule has 0 heterocycles. The number of benzene rings is 1. The summed E-state index contributed by atoms with van der Waals surface area (Å²) in [5.74, 6) is 0.697. The lowest BCUT2D eigenvalue weighted by molar-refractivity contribution is 0.237. The molecule has 1 unspecified atom stereocenters. The number of hydrogen-bond acceptors (Lipinski definition) is 3. The second-order valence-electron chi connectivity index (χ2n) is 4.40. The lowest BCUT2D eigenvalue weighted by Crippen LogP contribution is -2.38. The Kier molecular flexibility index (Phi) is 6.15. The van der Waals surface area contributed by atoms with Gasteiger partial charge in [0.25, 0.3) is 0 Å². The number of carbonyl (C=O) groups excluding carboxylic acids is 1. The predicted octanol–water partition coefficient (Wildman–Crippen LogP) is 2.29. The number of aliphatic hydroxyl groups excluding tert-OH is 1. The predicted molar refractivity (Wildman–Crippen MR) is 75.7 cm³/mol. The zero-order chi connectivity index (χ0) is 14.3. The molecule has 0 saturated carbocycles. The third-order valence-electron chi connectivity index (χ3n) is 3.00. The third kappa shape index (κ3) is 4.79. The molecule has 0 radical (unpaired) electrons. The van der Waals surface area contributed by atoms with Gasteiger partial charge in [-0.3, -0.25) is 0 Å². The molecule has 1 rings (SSSR count). The minimum Gasteiger partial charge on any atom is -0.497 e. The quantitative estimate of drug-likeness (QED) is 0.740. The van der Waals surface area contributed by atoms with Gasteiger partial charge in [0.2, 0.25) is 0 Å². The molecule has 2 amide bonds. The van der Waals surface area contributed by atoms with Crippen LogP contribution in [0.15, 0.2) is 18.2 Å². The van der Waals surface area contributed by atoms with Crippen molar-refractivity contribution < 1.29 is 14.6 Å². The average Bonchev–Trinajstić information content (AvgIpc) is 2.40. The van der Waals surface area contributed by atoms with Crippen molar-refractivity contribution in [1.82, 2.24) is 5.32 Å². The Balaban J connectivity index is 2.65. The number of ether oxygens (including phenoxy) is 1. The number of rotatable bonds is 6. The normalized spacial score (nSPS) is 11.8.